The van der Waals surface area contributed by atoms with Crippen LogP contribution < -0.4 is 0 Å². The van der Waals surface area contributed by atoms with Crippen LogP contribution >= 0.6 is 11.6 Å². The maximum Gasteiger partial charge on any atom is 0.0839 e. The third-order valence-electron chi connectivity index (χ3n) is 2.42. The minimum atomic E-state index is 0.361. The van der Waals surface area contributed by atoms with Gasteiger partial charge < -0.3 is 4.74 Å². The molecule has 1 unspecified atom stereocenters. The monoisotopic (exact) mass is 215 g/mol. The highest BCUT2D eigenvalue weighted by atomic mass is 35.5. The van der Waals surface area contributed by atoms with Gasteiger partial charge in [0.25, 0.3) is 0 Å². The van der Waals surface area contributed by atoms with Gasteiger partial charge in [0.2, 0.25) is 0 Å². The molecule has 5 heteroatoms. The van der Waals surface area contributed by atoms with Crippen molar-refractivity contribution in [2.45, 2.75) is 25.3 Å². The molecule has 1 aliphatic heterocycles. The third-order valence-corrected chi connectivity index (χ3v) is 2.61. The Bertz CT molecular complexity index is 283. The van der Waals surface area contributed by atoms with Crippen LogP contribution in [0.5, 0.6) is 0 Å². The molecule has 4 nitrogen and oxygen atoms in total. The molecule has 1 atom stereocenters. The summed E-state index contributed by atoms with van der Waals surface area (Å²) in [4.78, 5) is 0. The van der Waals surface area contributed by atoms with Gasteiger partial charge in [-0.25, -0.2) is 4.68 Å². The van der Waals surface area contributed by atoms with Crippen LogP contribution in [0.4, 0.5) is 0 Å². The Hall–Kier alpha value is -0.610. The highest BCUT2D eigenvalue weighted by Crippen LogP contribution is 2.18. The zero-order valence-corrected chi connectivity index (χ0v) is 8.78. The number of aryl methyl sites for hydroxylation is 1. The van der Waals surface area contributed by atoms with Crippen molar-refractivity contribution in [2.75, 3.05) is 19.1 Å². The summed E-state index contributed by atoms with van der Waals surface area (Å²) in [7, 11) is 0. The molecule has 0 aromatic carbocycles. The van der Waals surface area contributed by atoms with Crippen LogP contribution in [0.25, 0.3) is 0 Å². The van der Waals surface area contributed by atoms with Gasteiger partial charge in [-0.1, -0.05) is 5.21 Å². The van der Waals surface area contributed by atoms with E-state index in [0.29, 0.717) is 11.9 Å². The van der Waals surface area contributed by atoms with Gasteiger partial charge in [0.1, 0.15) is 0 Å². The van der Waals surface area contributed by atoms with Crippen LogP contribution in [-0.4, -0.2) is 34.1 Å². The smallest absolute Gasteiger partial charge is 0.0839 e. The summed E-state index contributed by atoms with van der Waals surface area (Å²) >= 11 is 5.63. The second-order valence-corrected chi connectivity index (χ2v) is 3.88. The molecule has 0 aliphatic carbocycles. The molecule has 1 aromatic heterocycles. The fourth-order valence-electron chi connectivity index (χ4n) is 1.64. The Balaban J connectivity index is 2.00. The highest BCUT2D eigenvalue weighted by molar-refractivity contribution is 6.17. The molecule has 0 spiro atoms. The summed E-state index contributed by atoms with van der Waals surface area (Å²) in [6.45, 7) is 1.63. The van der Waals surface area contributed by atoms with Gasteiger partial charge in [-0.15, -0.1) is 16.7 Å². The van der Waals surface area contributed by atoms with E-state index in [4.69, 9.17) is 16.3 Å². The fraction of sp³-hybridized carbons (Fsp3) is 0.778. The van der Waals surface area contributed by atoms with Crippen molar-refractivity contribution < 1.29 is 4.74 Å². The molecule has 78 valence electrons. The quantitative estimate of drug-likeness (QED) is 0.716. The van der Waals surface area contributed by atoms with E-state index in [1.165, 1.54) is 0 Å². The van der Waals surface area contributed by atoms with Gasteiger partial charge >= 0.3 is 0 Å². The van der Waals surface area contributed by atoms with E-state index in [1.807, 2.05) is 10.9 Å². The lowest BCUT2D eigenvalue weighted by Crippen LogP contribution is -2.21. The number of hydrogen-bond donors (Lipinski definition) is 0. The normalized spacial score (nSPS) is 22.5. The summed E-state index contributed by atoms with van der Waals surface area (Å²) in [5.74, 6) is 0.597. The molecule has 1 fully saturated rings. The summed E-state index contributed by atoms with van der Waals surface area (Å²) in [6.07, 6.45) is 5.00. The Labute approximate surface area is 88.2 Å². The largest absolute Gasteiger partial charge is 0.379 e. The molecule has 0 radical (unpaired) electrons. The first-order valence-electron chi connectivity index (χ1n) is 4.94. The second-order valence-electron chi connectivity index (χ2n) is 3.50. The zero-order valence-electron chi connectivity index (χ0n) is 8.03. The van der Waals surface area contributed by atoms with Crippen LogP contribution in [0.1, 0.15) is 24.6 Å². The summed E-state index contributed by atoms with van der Waals surface area (Å²) in [6, 6.07) is 0.361. The number of nitrogens with zero attached hydrogens (tertiary/aromatic N) is 3. The lowest BCUT2D eigenvalue weighted by molar-refractivity contribution is 0.0543. The van der Waals surface area contributed by atoms with E-state index >= 15 is 0 Å². The standard InChI is InChI=1S/C9H14ClN3O/c10-4-3-8-6-13(12-11-8)9-2-1-5-14-7-9/h6,9H,1-5,7H2. The van der Waals surface area contributed by atoms with E-state index in [2.05, 4.69) is 10.3 Å². The maximum absolute atomic E-state index is 5.63. The Morgan fingerprint density at radius 2 is 2.57 bits per heavy atom. The average molecular weight is 216 g/mol. The van der Waals surface area contributed by atoms with E-state index in [0.717, 1.165) is 38.2 Å². The van der Waals surface area contributed by atoms with Gasteiger partial charge in [-0.05, 0) is 12.8 Å². The molecule has 0 bridgehead atoms. The van der Waals surface area contributed by atoms with E-state index in [-0.39, 0.29) is 0 Å². The summed E-state index contributed by atoms with van der Waals surface area (Å²) < 4.78 is 7.29. The number of ether oxygens (including phenoxy) is 1. The van der Waals surface area contributed by atoms with Crippen LogP contribution in [0.15, 0.2) is 6.20 Å². The summed E-state index contributed by atoms with van der Waals surface area (Å²) in [5.41, 5.74) is 0.963. The summed E-state index contributed by atoms with van der Waals surface area (Å²) in [5, 5.41) is 8.14. The molecule has 0 N–H and O–H groups in total. The molecule has 1 saturated heterocycles. The van der Waals surface area contributed by atoms with Crippen molar-refractivity contribution in [3.05, 3.63) is 11.9 Å². The van der Waals surface area contributed by atoms with Gasteiger partial charge in [0.05, 0.1) is 18.3 Å². The van der Waals surface area contributed by atoms with Gasteiger partial charge in [-0.2, -0.15) is 0 Å². The number of hydrogen-bond acceptors (Lipinski definition) is 3. The fourth-order valence-corrected chi connectivity index (χ4v) is 1.83. The van der Waals surface area contributed by atoms with Crippen molar-refractivity contribution in [1.29, 1.82) is 0 Å². The van der Waals surface area contributed by atoms with Crippen molar-refractivity contribution in [3.8, 4) is 0 Å². The number of alkyl halides is 1. The second kappa shape index (κ2) is 4.75. The van der Waals surface area contributed by atoms with Crippen LogP contribution in [0.2, 0.25) is 0 Å². The van der Waals surface area contributed by atoms with Gasteiger partial charge in [-0.3, -0.25) is 0 Å². The predicted molar refractivity (Wildman–Crippen MR) is 53.5 cm³/mol. The minimum absolute atomic E-state index is 0.361. The third kappa shape index (κ3) is 2.25. The number of halogens is 1. The zero-order chi connectivity index (χ0) is 9.80. The first-order valence-corrected chi connectivity index (χ1v) is 5.48. The first-order chi connectivity index (χ1) is 6.90. The van der Waals surface area contributed by atoms with Crippen LogP contribution in [0.3, 0.4) is 0 Å². The molecule has 0 amide bonds. The number of rotatable bonds is 3. The Morgan fingerprint density at radius 3 is 3.29 bits per heavy atom. The maximum atomic E-state index is 5.63. The molecular formula is C9H14ClN3O. The van der Waals surface area contributed by atoms with Crippen LogP contribution in [0, 0.1) is 0 Å². The van der Waals surface area contributed by atoms with E-state index < -0.39 is 0 Å². The molecule has 1 aliphatic rings. The van der Waals surface area contributed by atoms with Crippen LogP contribution in [-0.2, 0) is 11.2 Å². The van der Waals surface area contributed by atoms with Gasteiger partial charge in [0.15, 0.2) is 0 Å². The van der Waals surface area contributed by atoms with Crippen molar-refractivity contribution >= 4 is 11.6 Å². The topological polar surface area (TPSA) is 39.9 Å². The highest BCUT2D eigenvalue weighted by Gasteiger charge is 2.16. The average Bonchev–Trinajstić information content (AvgIpc) is 2.68. The van der Waals surface area contributed by atoms with Crippen molar-refractivity contribution in [1.82, 2.24) is 15.0 Å². The van der Waals surface area contributed by atoms with Gasteiger partial charge in [0, 0.05) is 25.1 Å². The predicted octanol–water partition coefficient (Wildman–Crippen LogP) is 1.41. The molecule has 14 heavy (non-hydrogen) atoms. The molecule has 1 aromatic rings. The van der Waals surface area contributed by atoms with Crippen molar-refractivity contribution in [3.63, 3.8) is 0 Å². The van der Waals surface area contributed by atoms with Crippen molar-refractivity contribution in [2.24, 2.45) is 0 Å². The minimum Gasteiger partial charge on any atom is -0.379 e. The first kappa shape index (κ1) is 9.93. The molecule has 2 rings (SSSR count). The number of aromatic nitrogens is 3. The molecule has 0 saturated carbocycles. The van der Waals surface area contributed by atoms with E-state index in [1.54, 1.807) is 0 Å². The lowest BCUT2D eigenvalue weighted by Gasteiger charge is -2.21. The Kier molecular flexibility index (Phi) is 3.37. The molecule has 2 heterocycles. The SMILES string of the molecule is ClCCc1cn(C2CCCOC2)nn1. The van der Waals surface area contributed by atoms with E-state index in [9.17, 15) is 0 Å². The Morgan fingerprint density at radius 1 is 1.64 bits per heavy atom. The lowest BCUT2D eigenvalue weighted by atomic mass is 10.1. The molecular weight excluding hydrogens is 202 g/mol.